The summed E-state index contributed by atoms with van der Waals surface area (Å²) in [5, 5.41) is 4.27. The third-order valence-corrected chi connectivity index (χ3v) is 4.97. The number of halogens is 1. The first kappa shape index (κ1) is 24.9. The summed E-state index contributed by atoms with van der Waals surface area (Å²) in [6.07, 6.45) is 25.3. The van der Waals surface area contributed by atoms with Gasteiger partial charge in [-0.25, -0.2) is 0 Å². The van der Waals surface area contributed by atoms with Crippen LogP contribution in [-0.2, 0) is 0 Å². The summed E-state index contributed by atoms with van der Waals surface area (Å²) in [7, 11) is 0. The Morgan fingerprint density at radius 3 is 2.79 bits per heavy atom. The van der Waals surface area contributed by atoms with Gasteiger partial charge in [-0.2, -0.15) is 0 Å². The molecule has 1 heterocycles. The fraction of sp³-hybridized carbons (Fsp3) is 0.346. The van der Waals surface area contributed by atoms with E-state index in [1.165, 1.54) is 12.8 Å². The Balaban J connectivity index is 2.25. The summed E-state index contributed by atoms with van der Waals surface area (Å²) >= 11 is 5.90. The minimum absolute atomic E-state index is 0.715. The zero-order chi connectivity index (χ0) is 21.2. The highest BCUT2D eigenvalue weighted by Crippen LogP contribution is 2.15. The Bertz CT molecular complexity index is 699. The second kappa shape index (κ2) is 16.8. The Morgan fingerprint density at radius 2 is 2.10 bits per heavy atom. The highest BCUT2D eigenvalue weighted by Gasteiger charge is 2.03. The van der Waals surface area contributed by atoms with Crippen molar-refractivity contribution in [3.63, 3.8) is 0 Å². The molecular formula is C26H35ClN2. The molecule has 0 fully saturated rings. The number of pyridine rings is 1. The summed E-state index contributed by atoms with van der Waals surface area (Å²) in [6, 6.07) is 4.02. The molecule has 1 aromatic heterocycles. The second-order valence-corrected chi connectivity index (χ2v) is 7.28. The lowest BCUT2D eigenvalue weighted by atomic mass is 9.98. The topological polar surface area (TPSA) is 24.9 Å². The maximum absolute atomic E-state index is 5.90. The van der Waals surface area contributed by atoms with Crippen molar-refractivity contribution in [1.82, 2.24) is 10.3 Å². The third-order valence-electron chi connectivity index (χ3n) is 4.66. The smallest absolute Gasteiger partial charge is 0.0363 e. The molecule has 2 nitrogen and oxygen atoms in total. The van der Waals surface area contributed by atoms with E-state index in [4.69, 9.17) is 11.6 Å². The maximum Gasteiger partial charge on any atom is 0.0363 e. The van der Waals surface area contributed by atoms with Crippen LogP contribution >= 0.6 is 11.6 Å². The lowest BCUT2D eigenvalue weighted by Crippen LogP contribution is -2.18. The van der Waals surface area contributed by atoms with Crippen molar-refractivity contribution in [2.75, 3.05) is 13.1 Å². The van der Waals surface area contributed by atoms with Crippen molar-refractivity contribution >= 4 is 17.2 Å². The van der Waals surface area contributed by atoms with Crippen molar-refractivity contribution in [3.8, 4) is 0 Å². The summed E-state index contributed by atoms with van der Waals surface area (Å²) in [4.78, 5) is 4.19. The standard InChI is InChI=1S/C26H35ClN2/c1-4-13-24(25-16-12-20-29-22-25)15-10-11-19-28-21-18-23(5-2)14-8-7-9-17-26(27)6-3/h4,6-8,10,12-13,15-17,20,22-23,28H,1,3,5,9,11,14,18-19,21H2,2H3/b8-7+,15-10-,24-13+,26-17?. The molecule has 29 heavy (non-hydrogen) atoms. The van der Waals surface area contributed by atoms with Gasteiger partial charge in [-0.1, -0.05) is 92.8 Å². The van der Waals surface area contributed by atoms with Crippen molar-refractivity contribution in [2.45, 2.75) is 39.0 Å². The maximum atomic E-state index is 5.90. The fourth-order valence-corrected chi connectivity index (χ4v) is 2.96. The van der Waals surface area contributed by atoms with E-state index in [1.807, 2.05) is 30.5 Å². The van der Waals surface area contributed by atoms with Gasteiger partial charge < -0.3 is 5.32 Å². The molecule has 156 valence electrons. The predicted octanol–water partition coefficient (Wildman–Crippen LogP) is 7.25. The molecule has 0 aromatic carbocycles. The van der Waals surface area contributed by atoms with E-state index in [9.17, 15) is 0 Å². The quantitative estimate of drug-likeness (QED) is 0.187. The van der Waals surface area contributed by atoms with Gasteiger partial charge in [0.2, 0.25) is 0 Å². The van der Waals surface area contributed by atoms with E-state index >= 15 is 0 Å². The number of nitrogens with one attached hydrogen (secondary N) is 1. The van der Waals surface area contributed by atoms with Gasteiger partial charge in [0.05, 0.1) is 0 Å². The Morgan fingerprint density at radius 1 is 1.24 bits per heavy atom. The molecular weight excluding hydrogens is 376 g/mol. The zero-order valence-corrected chi connectivity index (χ0v) is 18.5. The first-order chi connectivity index (χ1) is 14.2. The lowest BCUT2D eigenvalue weighted by molar-refractivity contribution is 0.457. The molecule has 1 unspecified atom stereocenters. The summed E-state index contributed by atoms with van der Waals surface area (Å²) in [6.45, 7) is 11.8. The van der Waals surface area contributed by atoms with Crippen LogP contribution in [0.2, 0.25) is 0 Å². The minimum atomic E-state index is 0.715. The number of hydrogen-bond donors (Lipinski definition) is 1. The van der Waals surface area contributed by atoms with Crippen molar-refractivity contribution in [3.05, 3.63) is 96.9 Å². The lowest BCUT2D eigenvalue weighted by Gasteiger charge is -2.12. The molecule has 0 aliphatic carbocycles. The van der Waals surface area contributed by atoms with Gasteiger partial charge in [-0.3, -0.25) is 4.98 Å². The van der Waals surface area contributed by atoms with Gasteiger partial charge in [-0.05, 0) is 61.9 Å². The molecule has 1 atom stereocenters. The van der Waals surface area contributed by atoms with Crippen LogP contribution in [0.5, 0.6) is 0 Å². The normalized spacial score (nSPS) is 13.9. The van der Waals surface area contributed by atoms with E-state index < -0.39 is 0 Å². The number of allylic oxidation sites excluding steroid dienone is 9. The molecule has 0 radical (unpaired) electrons. The Hall–Kier alpha value is -2.16. The predicted molar refractivity (Wildman–Crippen MR) is 130 cm³/mol. The molecule has 1 rings (SSSR count). The van der Waals surface area contributed by atoms with Crippen LogP contribution in [0.25, 0.3) is 5.57 Å². The largest absolute Gasteiger partial charge is 0.316 e. The van der Waals surface area contributed by atoms with Gasteiger partial charge in [0.15, 0.2) is 0 Å². The van der Waals surface area contributed by atoms with Crippen molar-refractivity contribution in [2.24, 2.45) is 5.92 Å². The van der Waals surface area contributed by atoms with Gasteiger partial charge in [0.1, 0.15) is 0 Å². The Labute approximate surface area is 182 Å². The average molecular weight is 411 g/mol. The molecule has 0 aliphatic heterocycles. The minimum Gasteiger partial charge on any atom is -0.316 e. The first-order valence-electron chi connectivity index (χ1n) is 10.4. The number of rotatable bonds is 15. The third kappa shape index (κ3) is 12.1. The first-order valence-corrected chi connectivity index (χ1v) is 10.8. The zero-order valence-electron chi connectivity index (χ0n) is 17.7. The second-order valence-electron chi connectivity index (χ2n) is 6.84. The van der Waals surface area contributed by atoms with Gasteiger partial charge in [0, 0.05) is 17.4 Å². The number of hydrogen-bond acceptors (Lipinski definition) is 2. The monoisotopic (exact) mass is 410 g/mol. The molecule has 0 bridgehead atoms. The van der Waals surface area contributed by atoms with Crippen LogP contribution in [0, 0.1) is 5.92 Å². The summed E-state index contributed by atoms with van der Waals surface area (Å²) in [5.41, 5.74) is 2.24. The molecule has 0 saturated carbocycles. The van der Waals surface area contributed by atoms with Crippen LogP contribution in [0.1, 0.15) is 44.6 Å². The summed E-state index contributed by atoms with van der Waals surface area (Å²) < 4.78 is 0. The fourth-order valence-electron chi connectivity index (χ4n) is 2.87. The highest BCUT2D eigenvalue weighted by atomic mass is 35.5. The molecule has 0 amide bonds. The molecule has 1 N–H and O–H groups in total. The molecule has 3 heteroatoms. The number of nitrogens with zero attached hydrogens (tertiary/aromatic N) is 1. The highest BCUT2D eigenvalue weighted by molar-refractivity contribution is 6.31. The van der Waals surface area contributed by atoms with E-state index in [1.54, 1.807) is 12.3 Å². The van der Waals surface area contributed by atoms with E-state index in [-0.39, 0.29) is 0 Å². The van der Waals surface area contributed by atoms with Crippen LogP contribution in [-0.4, -0.2) is 18.1 Å². The van der Waals surface area contributed by atoms with Crippen LogP contribution in [0.3, 0.4) is 0 Å². The average Bonchev–Trinajstić information content (AvgIpc) is 2.76. The summed E-state index contributed by atoms with van der Waals surface area (Å²) in [5.74, 6) is 0.723. The van der Waals surface area contributed by atoms with E-state index in [0.717, 1.165) is 49.4 Å². The van der Waals surface area contributed by atoms with Crippen molar-refractivity contribution in [1.29, 1.82) is 0 Å². The van der Waals surface area contributed by atoms with Crippen LogP contribution < -0.4 is 5.32 Å². The van der Waals surface area contributed by atoms with Gasteiger partial charge in [0.25, 0.3) is 0 Å². The molecule has 0 aliphatic rings. The Kier molecular flexibility index (Phi) is 14.4. The van der Waals surface area contributed by atoms with Crippen LogP contribution in [0.4, 0.5) is 0 Å². The van der Waals surface area contributed by atoms with Crippen LogP contribution in [0.15, 0.2) is 91.3 Å². The van der Waals surface area contributed by atoms with E-state index in [0.29, 0.717) is 5.03 Å². The number of aromatic nitrogens is 1. The SMILES string of the molecule is C=C/C=C(\C=C/CCNCCC(CC)C/C=C/CC=C(Cl)C=C)c1cccnc1. The van der Waals surface area contributed by atoms with Crippen molar-refractivity contribution < 1.29 is 0 Å². The van der Waals surface area contributed by atoms with Gasteiger partial charge in [-0.15, -0.1) is 0 Å². The molecule has 1 aromatic rings. The molecule has 0 saturated heterocycles. The van der Waals surface area contributed by atoms with E-state index in [2.05, 4.69) is 60.8 Å². The van der Waals surface area contributed by atoms with Gasteiger partial charge >= 0.3 is 0 Å². The molecule has 0 spiro atoms.